The topological polar surface area (TPSA) is 21.3 Å². The van der Waals surface area contributed by atoms with Gasteiger partial charge in [0.1, 0.15) is 0 Å². The lowest BCUT2D eigenvalue weighted by atomic mass is 9.64. The van der Waals surface area contributed by atoms with Crippen LogP contribution in [0, 0.1) is 5.41 Å². The molecule has 0 amide bonds. The van der Waals surface area contributed by atoms with E-state index in [1.54, 1.807) is 0 Å². The number of nitrogens with one attached hydrogen (secondary N) is 1. The van der Waals surface area contributed by atoms with Gasteiger partial charge >= 0.3 is 0 Å². The Morgan fingerprint density at radius 2 is 2.20 bits per heavy atom. The summed E-state index contributed by atoms with van der Waals surface area (Å²) in [5.41, 5.74) is 0.632. The van der Waals surface area contributed by atoms with Crippen molar-refractivity contribution in [1.29, 1.82) is 0 Å². The molecule has 2 fully saturated rings. The summed E-state index contributed by atoms with van der Waals surface area (Å²) in [6, 6.07) is 0.800. The molecule has 0 aromatic rings. The molecule has 1 aliphatic heterocycles. The Morgan fingerprint density at radius 1 is 1.50 bits per heavy atom. The van der Waals surface area contributed by atoms with Gasteiger partial charge < -0.3 is 10.1 Å². The molecule has 2 nitrogen and oxygen atoms in total. The number of hydrogen-bond acceptors (Lipinski definition) is 2. The third kappa shape index (κ3) is 0.867. The highest BCUT2D eigenvalue weighted by molar-refractivity contribution is 5.01. The quantitative estimate of drug-likeness (QED) is 0.613. The van der Waals surface area contributed by atoms with Crippen LogP contribution < -0.4 is 5.32 Å². The molecule has 0 aromatic heterocycles. The van der Waals surface area contributed by atoms with Crippen LogP contribution in [0.25, 0.3) is 0 Å². The third-order valence-corrected chi connectivity index (χ3v) is 2.67. The Hall–Kier alpha value is -0.0800. The molecular weight excluding hydrogens is 126 g/mol. The molecule has 0 atom stereocenters. The molecule has 10 heavy (non-hydrogen) atoms. The van der Waals surface area contributed by atoms with E-state index in [0.29, 0.717) is 5.41 Å². The van der Waals surface area contributed by atoms with Gasteiger partial charge in [0.05, 0.1) is 13.2 Å². The van der Waals surface area contributed by atoms with Crippen molar-refractivity contribution in [2.75, 3.05) is 19.8 Å². The van der Waals surface area contributed by atoms with Gasteiger partial charge in [0.2, 0.25) is 0 Å². The molecule has 2 heteroatoms. The van der Waals surface area contributed by atoms with Crippen LogP contribution in [0.5, 0.6) is 0 Å². The summed E-state index contributed by atoms with van der Waals surface area (Å²) in [5, 5.41) is 3.45. The van der Waals surface area contributed by atoms with Crippen LogP contribution >= 0.6 is 0 Å². The van der Waals surface area contributed by atoms with Crippen molar-refractivity contribution in [3.05, 3.63) is 0 Å². The summed E-state index contributed by atoms with van der Waals surface area (Å²) in [6.07, 6.45) is 2.70. The molecule has 58 valence electrons. The van der Waals surface area contributed by atoms with Gasteiger partial charge in [0, 0.05) is 11.5 Å². The van der Waals surface area contributed by atoms with Gasteiger partial charge in [-0.1, -0.05) is 6.92 Å². The average molecular weight is 141 g/mol. The van der Waals surface area contributed by atoms with Crippen molar-refractivity contribution in [3.63, 3.8) is 0 Å². The van der Waals surface area contributed by atoms with Crippen molar-refractivity contribution < 1.29 is 4.74 Å². The van der Waals surface area contributed by atoms with E-state index in [1.165, 1.54) is 12.8 Å². The second kappa shape index (κ2) is 2.21. The molecule has 2 aliphatic rings. The predicted molar refractivity (Wildman–Crippen MR) is 40.0 cm³/mol. The fraction of sp³-hybridized carbons (Fsp3) is 1.00. The Bertz CT molecular complexity index is 123. The second-order valence-corrected chi connectivity index (χ2v) is 3.66. The van der Waals surface area contributed by atoms with Crippen LogP contribution in [0.4, 0.5) is 0 Å². The third-order valence-electron chi connectivity index (χ3n) is 2.67. The minimum atomic E-state index is 0.632. The second-order valence-electron chi connectivity index (χ2n) is 3.66. The van der Waals surface area contributed by atoms with E-state index in [4.69, 9.17) is 4.74 Å². The molecule has 1 heterocycles. The zero-order chi connectivity index (χ0) is 7.03. The first-order chi connectivity index (χ1) is 4.85. The van der Waals surface area contributed by atoms with Crippen LogP contribution in [0.2, 0.25) is 0 Å². The maximum Gasteiger partial charge on any atom is 0.0545 e. The molecule has 0 bridgehead atoms. The Labute approximate surface area is 61.9 Å². The highest BCUT2D eigenvalue weighted by Crippen LogP contribution is 2.46. The largest absolute Gasteiger partial charge is 0.380 e. The van der Waals surface area contributed by atoms with E-state index in [0.717, 1.165) is 25.8 Å². The molecule has 2 rings (SSSR count). The maximum atomic E-state index is 5.18. The Kier molecular flexibility index (Phi) is 1.46. The van der Waals surface area contributed by atoms with Crippen molar-refractivity contribution in [2.24, 2.45) is 5.41 Å². The van der Waals surface area contributed by atoms with E-state index in [-0.39, 0.29) is 0 Å². The van der Waals surface area contributed by atoms with Crippen molar-refractivity contribution in [2.45, 2.75) is 25.8 Å². The van der Waals surface area contributed by atoms with Crippen LogP contribution in [-0.4, -0.2) is 25.8 Å². The molecule has 0 aromatic carbocycles. The summed E-state index contributed by atoms with van der Waals surface area (Å²) in [4.78, 5) is 0. The van der Waals surface area contributed by atoms with E-state index < -0.39 is 0 Å². The van der Waals surface area contributed by atoms with Gasteiger partial charge in [-0.05, 0) is 19.4 Å². The molecular formula is C8H15NO. The molecule has 1 spiro atoms. The van der Waals surface area contributed by atoms with Crippen LogP contribution in [0.1, 0.15) is 19.8 Å². The summed E-state index contributed by atoms with van der Waals surface area (Å²) >= 11 is 0. The summed E-state index contributed by atoms with van der Waals surface area (Å²) in [5.74, 6) is 0. The zero-order valence-electron chi connectivity index (χ0n) is 6.52. The standard InChI is InChI=1S/C8H15NO/c1-2-9-7-3-8(4-7)5-10-6-8/h7,9H,2-6H2,1H3. The van der Waals surface area contributed by atoms with Crippen molar-refractivity contribution in [3.8, 4) is 0 Å². The number of hydrogen-bond donors (Lipinski definition) is 1. The van der Waals surface area contributed by atoms with Gasteiger partial charge in [-0.15, -0.1) is 0 Å². The lowest BCUT2D eigenvalue weighted by molar-refractivity contribution is -0.167. The van der Waals surface area contributed by atoms with Gasteiger partial charge in [0.25, 0.3) is 0 Å². The Balaban J connectivity index is 1.72. The highest BCUT2D eigenvalue weighted by atomic mass is 16.5. The first-order valence-corrected chi connectivity index (χ1v) is 4.16. The maximum absolute atomic E-state index is 5.18. The first-order valence-electron chi connectivity index (χ1n) is 4.16. The van der Waals surface area contributed by atoms with E-state index in [9.17, 15) is 0 Å². The smallest absolute Gasteiger partial charge is 0.0545 e. The summed E-state index contributed by atoms with van der Waals surface area (Å²) in [6.45, 7) is 5.33. The average Bonchev–Trinajstić information content (AvgIpc) is 1.72. The summed E-state index contributed by atoms with van der Waals surface area (Å²) in [7, 11) is 0. The highest BCUT2D eigenvalue weighted by Gasteiger charge is 2.49. The van der Waals surface area contributed by atoms with Gasteiger partial charge in [-0.3, -0.25) is 0 Å². The van der Waals surface area contributed by atoms with E-state index >= 15 is 0 Å². The molecule has 1 saturated heterocycles. The minimum absolute atomic E-state index is 0.632. The Morgan fingerprint density at radius 3 is 2.60 bits per heavy atom. The van der Waals surface area contributed by atoms with Crippen LogP contribution in [0.3, 0.4) is 0 Å². The lowest BCUT2D eigenvalue weighted by Crippen LogP contribution is -2.58. The van der Waals surface area contributed by atoms with Crippen molar-refractivity contribution >= 4 is 0 Å². The number of rotatable bonds is 2. The zero-order valence-corrected chi connectivity index (χ0v) is 6.52. The lowest BCUT2D eigenvalue weighted by Gasteiger charge is -2.53. The molecule has 0 radical (unpaired) electrons. The van der Waals surface area contributed by atoms with Crippen LogP contribution in [0.15, 0.2) is 0 Å². The molecule has 1 saturated carbocycles. The molecule has 1 aliphatic carbocycles. The monoisotopic (exact) mass is 141 g/mol. The fourth-order valence-corrected chi connectivity index (χ4v) is 2.05. The van der Waals surface area contributed by atoms with Crippen molar-refractivity contribution in [1.82, 2.24) is 5.32 Å². The van der Waals surface area contributed by atoms with E-state index in [1.807, 2.05) is 0 Å². The normalized spacial score (nSPS) is 29.7. The van der Waals surface area contributed by atoms with Gasteiger partial charge in [-0.25, -0.2) is 0 Å². The molecule has 1 N–H and O–H groups in total. The minimum Gasteiger partial charge on any atom is -0.380 e. The van der Waals surface area contributed by atoms with E-state index in [2.05, 4.69) is 12.2 Å². The fourth-order valence-electron chi connectivity index (χ4n) is 2.05. The van der Waals surface area contributed by atoms with Gasteiger partial charge in [0.15, 0.2) is 0 Å². The number of ether oxygens (including phenoxy) is 1. The first kappa shape index (κ1) is 6.62. The molecule has 0 unspecified atom stereocenters. The van der Waals surface area contributed by atoms with Gasteiger partial charge in [-0.2, -0.15) is 0 Å². The summed E-state index contributed by atoms with van der Waals surface area (Å²) < 4.78 is 5.18. The predicted octanol–water partition coefficient (Wildman–Crippen LogP) is 0.775. The van der Waals surface area contributed by atoms with Crippen LogP contribution in [-0.2, 0) is 4.74 Å². The SMILES string of the molecule is CCNC1CC2(COC2)C1.